The smallest absolute Gasteiger partial charge is 0.187 e. The fourth-order valence-electron chi connectivity index (χ4n) is 2.25. The number of benzene rings is 2. The van der Waals surface area contributed by atoms with Crippen molar-refractivity contribution >= 4 is 24.5 Å². The molecule has 0 unspecified atom stereocenters. The molecule has 0 atom stereocenters. The van der Waals surface area contributed by atoms with Crippen LogP contribution in [-0.4, -0.2) is 7.85 Å². The van der Waals surface area contributed by atoms with Crippen molar-refractivity contribution in [2.75, 3.05) is 0 Å². The van der Waals surface area contributed by atoms with Crippen LogP contribution in [0.4, 0.5) is 0 Å². The molecule has 0 radical (unpaired) electrons. The maximum atomic E-state index is 5.78. The molecular formula is C15H13BO. The van der Waals surface area contributed by atoms with E-state index in [1.165, 1.54) is 22.1 Å². The lowest BCUT2D eigenvalue weighted by Gasteiger charge is -2.01. The first-order chi connectivity index (χ1) is 8.25. The van der Waals surface area contributed by atoms with Crippen molar-refractivity contribution in [3.05, 3.63) is 54.1 Å². The molecule has 0 aliphatic heterocycles. The van der Waals surface area contributed by atoms with Crippen molar-refractivity contribution in [3.63, 3.8) is 0 Å². The van der Waals surface area contributed by atoms with Gasteiger partial charge in [-0.25, -0.2) is 0 Å². The fraction of sp³-hybridized carbons (Fsp3) is 0.0667. The first-order valence-electron chi connectivity index (χ1n) is 5.81. The van der Waals surface area contributed by atoms with Crippen LogP contribution in [0.2, 0.25) is 0 Å². The minimum Gasteiger partial charge on any atom is -0.471 e. The molecule has 0 spiro atoms. The molecule has 0 saturated carbocycles. The van der Waals surface area contributed by atoms with E-state index in [0.29, 0.717) is 0 Å². The van der Waals surface area contributed by atoms with E-state index in [2.05, 4.69) is 43.3 Å². The normalized spacial score (nSPS) is 10.9. The third kappa shape index (κ3) is 1.66. The Bertz CT molecular complexity index is 665. The van der Waals surface area contributed by atoms with E-state index in [0.717, 1.165) is 11.2 Å². The average molecular weight is 220 g/mol. The lowest BCUT2D eigenvalue weighted by atomic mass is 9.93. The van der Waals surface area contributed by atoms with Gasteiger partial charge in [0.05, 0.1) is 5.66 Å². The molecular weight excluding hydrogens is 207 g/mol. The van der Waals surface area contributed by atoms with Crippen LogP contribution in [0.25, 0.3) is 22.1 Å². The maximum Gasteiger partial charge on any atom is 0.187 e. The van der Waals surface area contributed by atoms with Crippen LogP contribution in [0.15, 0.2) is 52.9 Å². The number of furan rings is 1. The minimum atomic E-state index is 0.959. The largest absolute Gasteiger partial charge is 0.471 e. The van der Waals surface area contributed by atoms with Crippen molar-refractivity contribution in [2.45, 2.75) is 6.92 Å². The van der Waals surface area contributed by atoms with Crippen LogP contribution < -0.4 is 5.66 Å². The molecule has 3 aromatic rings. The van der Waals surface area contributed by atoms with Gasteiger partial charge >= 0.3 is 0 Å². The van der Waals surface area contributed by atoms with Gasteiger partial charge in [0.25, 0.3) is 0 Å². The highest BCUT2D eigenvalue weighted by atomic mass is 16.3. The molecule has 2 aromatic carbocycles. The second-order valence-corrected chi connectivity index (χ2v) is 4.40. The number of hydrogen-bond donors (Lipinski definition) is 0. The molecule has 2 heteroatoms. The van der Waals surface area contributed by atoms with E-state index in [9.17, 15) is 0 Å². The van der Waals surface area contributed by atoms with E-state index in [-0.39, 0.29) is 0 Å². The van der Waals surface area contributed by atoms with Crippen LogP contribution in [0, 0.1) is 6.92 Å². The van der Waals surface area contributed by atoms with Gasteiger partial charge in [0.1, 0.15) is 5.58 Å². The van der Waals surface area contributed by atoms with E-state index in [1.54, 1.807) is 0 Å². The van der Waals surface area contributed by atoms with Gasteiger partial charge < -0.3 is 4.42 Å². The van der Waals surface area contributed by atoms with Gasteiger partial charge in [0.2, 0.25) is 0 Å². The first kappa shape index (κ1) is 10.2. The van der Waals surface area contributed by atoms with Crippen molar-refractivity contribution in [1.29, 1.82) is 0 Å². The highest BCUT2D eigenvalue weighted by Crippen LogP contribution is 2.28. The molecule has 0 saturated heterocycles. The van der Waals surface area contributed by atoms with Crippen molar-refractivity contribution in [3.8, 4) is 11.1 Å². The molecule has 0 bridgehead atoms. The number of rotatable bonds is 1. The van der Waals surface area contributed by atoms with Gasteiger partial charge in [-0.15, -0.1) is 0 Å². The van der Waals surface area contributed by atoms with Gasteiger partial charge in [0.15, 0.2) is 7.85 Å². The minimum absolute atomic E-state index is 0.959. The van der Waals surface area contributed by atoms with Crippen LogP contribution in [0.5, 0.6) is 0 Å². The molecule has 1 heterocycles. The zero-order valence-corrected chi connectivity index (χ0v) is 10.0. The van der Waals surface area contributed by atoms with Crippen LogP contribution in [-0.2, 0) is 0 Å². The van der Waals surface area contributed by atoms with Gasteiger partial charge in [-0.3, -0.25) is 0 Å². The third-order valence-electron chi connectivity index (χ3n) is 3.11. The van der Waals surface area contributed by atoms with Gasteiger partial charge in [-0.2, -0.15) is 0 Å². The van der Waals surface area contributed by atoms with Gasteiger partial charge in [0, 0.05) is 10.9 Å². The molecule has 17 heavy (non-hydrogen) atoms. The maximum absolute atomic E-state index is 5.78. The Morgan fingerprint density at radius 1 is 0.941 bits per heavy atom. The SMILES string of the molecule is Bc1oc2ccccc2c1-c1ccc(C)cc1. The quantitative estimate of drug-likeness (QED) is 0.574. The first-order valence-corrected chi connectivity index (χ1v) is 5.81. The zero-order valence-electron chi connectivity index (χ0n) is 10.0. The predicted octanol–water partition coefficient (Wildman–Crippen LogP) is 2.67. The Morgan fingerprint density at radius 2 is 1.65 bits per heavy atom. The number of para-hydroxylation sites is 1. The Hall–Kier alpha value is -1.96. The Kier molecular flexibility index (Phi) is 2.29. The average Bonchev–Trinajstić information content (AvgIpc) is 2.66. The lowest BCUT2D eigenvalue weighted by Crippen LogP contribution is -2.00. The second-order valence-electron chi connectivity index (χ2n) is 4.40. The molecule has 0 amide bonds. The molecule has 1 nitrogen and oxygen atoms in total. The Balaban J connectivity index is 2.29. The molecule has 0 fully saturated rings. The highest BCUT2D eigenvalue weighted by Gasteiger charge is 2.11. The van der Waals surface area contributed by atoms with Crippen LogP contribution >= 0.6 is 0 Å². The van der Waals surface area contributed by atoms with Crippen molar-refractivity contribution < 1.29 is 4.42 Å². The van der Waals surface area contributed by atoms with E-state index >= 15 is 0 Å². The van der Waals surface area contributed by atoms with Crippen LogP contribution in [0.1, 0.15) is 5.56 Å². The molecule has 0 aliphatic carbocycles. The summed E-state index contributed by atoms with van der Waals surface area (Å²) in [7, 11) is 2.02. The summed E-state index contributed by atoms with van der Waals surface area (Å²) in [4.78, 5) is 0. The number of aryl methyl sites for hydroxylation is 1. The summed E-state index contributed by atoms with van der Waals surface area (Å²) in [6, 6.07) is 16.8. The second kappa shape index (κ2) is 3.81. The fourth-order valence-corrected chi connectivity index (χ4v) is 2.25. The Labute approximate surface area is 101 Å². The standard InChI is InChI=1S/C15H13BO/c1-10-6-8-11(9-7-10)14-12-4-2-3-5-13(12)17-15(14)16/h2-9H,16H2,1H3. The van der Waals surface area contributed by atoms with Gasteiger partial charge in [-0.1, -0.05) is 48.0 Å². The van der Waals surface area contributed by atoms with E-state index < -0.39 is 0 Å². The van der Waals surface area contributed by atoms with E-state index in [1.807, 2.05) is 20.0 Å². The molecule has 0 N–H and O–H groups in total. The van der Waals surface area contributed by atoms with Crippen LogP contribution in [0.3, 0.4) is 0 Å². The third-order valence-corrected chi connectivity index (χ3v) is 3.11. The highest BCUT2D eigenvalue weighted by molar-refractivity contribution is 6.36. The summed E-state index contributed by atoms with van der Waals surface area (Å²) in [6.45, 7) is 2.10. The van der Waals surface area contributed by atoms with Crippen molar-refractivity contribution in [1.82, 2.24) is 0 Å². The molecule has 82 valence electrons. The predicted molar refractivity (Wildman–Crippen MR) is 74.6 cm³/mol. The number of fused-ring (bicyclic) bond motifs is 1. The topological polar surface area (TPSA) is 13.1 Å². The molecule has 1 aromatic heterocycles. The lowest BCUT2D eigenvalue weighted by molar-refractivity contribution is 0.654. The summed E-state index contributed by atoms with van der Waals surface area (Å²) in [6.07, 6.45) is 0. The molecule has 0 aliphatic rings. The van der Waals surface area contributed by atoms with E-state index in [4.69, 9.17) is 4.42 Å². The van der Waals surface area contributed by atoms with Crippen molar-refractivity contribution in [2.24, 2.45) is 0 Å². The monoisotopic (exact) mass is 220 g/mol. The van der Waals surface area contributed by atoms with Gasteiger partial charge in [-0.05, 0) is 18.6 Å². The summed E-state index contributed by atoms with van der Waals surface area (Å²) < 4.78 is 5.78. The Morgan fingerprint density at radius 3 is 2.41 bits per heavy atom. The molecule has 3 rings (SSSR count). The summed E-state index contributed by atoms with van der Waals surface area (Å²) in [5.41, 5.74) is 5.65. The summed E-state index contributed by atoms with van der Waals surface area (Å²) in [5, 5.41) is 1.19. The summed E-state index contributed by atoms with van der Waals surface area (Å²) >= 11 is 0. The number of hydrogen-bond acceptors (Lipinski definition) is 1. The zero-order chi connectivity index (χ0) is 11.8. The summed E-state index contributed by atoms with van der Waals surface area (Å²) in [5.74, 6) is 0.